The van der Waals surface area contributed by atoms with E-state index in [2.05, 4.69) is 27.5 Å². The Kier molecular flexibility index (Phi) is 7.16. The van der Waals surface area contributed by atoms with E-state index in [0.717, 1.165) is 35.5 Å². The molecule has 150 valence electrons. The smallest absolute Gasteiger partial charge is 0.270 e. The van der Waals surface area contributed by atoms with Gasteiger partial charge in [0, 0.05) is 17.9 Å². The summed E-state index contributed by atoms with van der Waals surface area (Å²) in [4.78, 5) is 21.0. The SMILES string of the molecule is CCCCNC(=O)c1cc(C)nc(Nc2ccc(OCc3ccccc3)cc2)n1. The van der Waals surface area contributed by atoms with Gasteiger partial charge < -0.3 is 15.4 Å². The molecule has 0 spiro atoms. The molecule has 0 atom stereocenters. The number of unbranched alkanes of at least 4 members (excludes halogenated alkanes) is 1. The molecule has 0 saturated heterocycles. The highest BCUT2D eigenvalue weighted by Crippen LogP contribution is 2.19. The molecule has 6 nitrogen and oxygen atoms in total. The Balaban J connectivity index is 1.61. The number of amides is 1. The van der Waals surface area contributed by atoms with Crippen molar-refractivity contribution in [2.24, 2.45) is 0 Å². The van der Waals surface area contributed by atoms with Gasteiger partial charge in [0.2, 0.25) is 5.95 Å². The fourth-order valence-electron chi connectivity index (χ4n) is 2.71. The Morgan fingerprint density at radius 2 is 1.79 bits per heavy atom. The Labute approximate surface area is 171 Å². The minimum absolute atomic E-state index is 0.184. The number of anilines is 2. The number of aryl methyl sites for hydroxylation is 1. The van der Waals surface area contributed by atoms with E-state index in [1.807, 2.05) is 61.5 Å². The second-order valence-electron chi connectivity index (χ2n) is 6.75. The van der Waals surface area contributed by atoms with Crippen molar-refractivity contribution in [2.75, 3.05) is 11.9 Å². The van der Waals surface area contributed by atoms with Crippen molar-refractivity contribution in [3.05, 3.63) is 77.6 Å². The van der Waals surface area contributed by atoms with Gasteiger partial charge in [0.15, 0.2) is 0 Å². The highest BCUT2D eigenvalue weighted by Gasteiger charge is 2.10. The molecule has 0 fully saturated rings. The Bertz CT molecular complexity index is 927. The summed E-state index contributed by atoms with van der Waals surface area (Å²) in [7, 11) is 0. The van der Waals surface area contributed by atoms with E-state index in [9.17, 15) is 4.79 Å². The van der Waals surface area contributed by atoms with Crippen LogP contribution in [0.5, 0.6) is 5.75 Å². The predicted octanol–water partition coefficient (Wildman–Crippen LogP) is 4.64. The monoisotopic (exact) mass is 390 g/mol. The van der Waals surface area contributed by atoms with Gasteiger partial charge in [-0.1, -0.05) is 43.7 Å². The number of ether oxygens (including phenoxy) is 1. The summed E-state index contributed by atoms with van der Waals surface area (Å²) in [5.41, 5.74) is 3.03. The van der Waals surface area contributed by atoms with E-state index in [4.69, 9.17) is 4.74 Å². The van der Waals surface area contributed by atoms with E-state index in [0.29, 0.717) is 24.8 Å². The minimum atomic E-state index is -0.184. The van der Waals surface area contributed by atoms with E-state index in [1.165, 1.54) is 0 Å². The predicted molar refractivity (Wildman–Crippen MR) is 115 cm³/mol. The van der Waals surface area contributed by atoms with Crippen LogP contribution in [0, 0.1) is 6.92 Å². The van der Waals surface area contributed by atoms with Crippen molar-refractivity contribution >= 4 is 17.5 Å². The molecule has 3 aromatic rings. The van der Waals surface area contributed by atoms with E-state index in [1.54, 1.807) is 6.07 Å². The van der Waals surface area contributed by atoms with Crippen LogP contribution in [0.3, 0.4) is 0 Å². The fraction of sp³-hybridized carbons (Fsp3) is 0.261. The maximum Gasteiger partial charge on any atom is 0.270 e. The van der Waals surface area contributed by atoms with Crippen LogP contribution in [0.15, 0.2) is 60.7 Å². The number of benzene rings is 2. The Morgan fingerprint density at radius 1 is 1.03 bits per heavy atom. The second kappa shape index (κ2) is 10.2. The highest BCUT2D eigenvalue weighted by atomic mass is 16.5. The van der Waals surface area contributed by atoms with Crippen molar-refractivity contribution < 1.29 is 9.53 Å². The first kappa shape index (κ1) is 20.3. The lowest BCUT2D eigenvalue weighted by molar-refractivity contribution is 0.0948. The zero-order valence-corrected chi connectivity index (χ0v) is 16.8. The summed E-state index contributed by atoms with van der Waals surface area (Å²) in [6, 6.07) is 19.3. The Hall–Kier alpha value is -3.41. The van der Waals surface area contributed by atoms with Crippen LogP contribution in [0.2, 0.25) is 0 Å². The third-order valence-corrected chi connectivity index (χ3v) is 4.26. The average molecular weight is 390 g/mol. The van der Waals surface area contributed by atoms with Gasteiger partial charge in [-0.25, -0.2) is 9.97 Å². The van der Waals surface area contributed by atoms with Gasteiger partial charge in [0.1, 0.15) is 18.1 Å². The number of aromatic nitrogens is 2. The third-order valence-electron chi connectivity index (χ3n) is 4.26. The fourth-order valence-corrected chi connectivity index (χ4v) is 2.71. The molecular formula is C23H26N4O2. The van der Waals surface area contributed by atoms with Crippen LogP contribution in [0.25, 0.3) is 0 Å². The molecule has 0 aliphatic heterocycles. The molecule has 3 rings (SSSR count). The van der Waals surface area contributed by atoms with Crippen LogP contribution >= 0.6 is 0 Å². The van der Waals surface area contributed by atoms with Gasteiger partial charge in [-0.2, -0.15) is 0 Å². The average Bonchev–Trinajstić information content (AvgIpc) is 2.74. The number of nitrogens with zero attached hydrogens (tertiary/aromatic N) is 2. The molecule has 1 amide bonds. The Morgan fingerprint density at radius 3 is 2.52 bits per heavy atom. The van der Waals surface area contributed by atoms with Gasteiger partial charge in [0.05, 0.1) is 0 Å². The molecule has 6 heteroatoms. The van der Waals surface area contributed by atoms with Crippen LogP contribution in [-0.2, 0) is 6.61 Å². The van der Waals surface area contributed by atoms with Crippen molar-refractivity contribution in [3.63, 3.8) is 0 Å². The molecule has 2 aromatic carbocycles. The molecule has 29 heavy (non-hydrogen) atoms. The van der Waals surface area contributed by atoms with E-state index < -0.39 is 0 Å². The van der Waals surface area contributed by atoms with E-state index in [-0.39, 0.29) is 5.91 Å². The number of hydrogen-bond donors (Lipinski definition) is 2. The molecule has 0 aliphatic carbocycles. The van der Waals surface area contributed by atoms with Crippen molar-refractivity contribution in [1.29, 1.82) is 0 Å². The molecular weight excluding hydrogens is 364 g/mol. The molecule has 0 bridgehead atoms. The quantitative estimate of drug-likeness (QED) is 0.521. The number of nitrogens with one attached hydrogen (secondary N) is 2. The summed E-state index contributed by atoms with van der Waals surface area (Å²) < 4.78 is 5.80. The van der Waals surface area contributed by atoms with E-state index >= 15 is 0 Å². The van der Waals surface area contributed by atoms with Gasteiger partial charge in [0.25, 0.3) is 5.91 Å². The normalized spacial score (nSPS) is 10.4. The zero-order chi connectivity index (χ0) is 20.5. The lowest BCUT2D eigenvalue weighted by atomic mass is 10.2. The summed E-state index contributed by atoms with van der Waals surface area (Å²) in [6.45, 7) is 5.09. The lowest BCUT2D eigenvalue weighted by Crippen LogP contribution is -2.25. The van der Waals surface area contributed by atoms with Crippen LogP contribution in [0.4, 0.5) is 11.6 Å². The third kappa shape index (κ3) is 6.31. The van der Waals surface area contributed by atoms with Gasteiger partial charge in [-0.15, -0.1) is 0 Å². The van der Waals surface area contributed by atoms with Crippen LogP contribution in [-0.4, -0.2) is 22.4 Å². The number of hydrogen-bond acceptors (Lipinski definition) is 5. The summed E-state index contributed by atoms with van der Waals surface area (Å²) in [5, 5.41) is 6.03. The first-order valence-corrected chi connectivity index (χ1v) is 9.81. The minimum Gasteiger partial charge on any atom is -0.489 e. The standard InChI is InChI=1S/C23H26N4O2/c1-3-4-14-24-22(28)21-15-17(2)25-23(27-21)26-19-10-12-20(13-11-19)29-16-18-8-6-5-7-9-18/h5-13,15H,3-4,14,16H2,1-2H3,(H,24,28)(H,25,26,27). The zero-order valence-electron chi connectivity index (χ0n) is 16.8. The molecule has 1 heterocycles. The molecule has 0 saturated carbocycles. The number of carbonyl (C=O) groups is 1. The van der Waals surface area contributed by atoms with Crippen LogP contribution < -0.4 is 15.4 Å². The first-order chi connectivity index (χ1) is 14.1. The van der Waals surface area contributed by atoms with Crippen LogP contribution in [0.1, 0.15) is 41.5 Å². The number of carbonyl (C=O) groups excluding carboxylic acids is 1. The summed E-state index contributed by atoms with van der Waals surface area (Å²) in [5.74, 6) is 0.987. The highest BCUT2D eigenvalue weighted by molar-refractivity contribution is 5.92. The maximum atomic E-state index is 12.3. The van der Waals surface area contributed by atoms with Gasteiger partial charge >= 0.3 is 0 Å². The summed E-state index contributed by atoms with van der Waals surface area (Å²) >= 11 is 0. The molecule has 0 aliphatic rings. The molecule has 2 N–H and O–H groups in total. The maximum absolute atomic E-state index is 12.3. The largest absolute Gasteiger partial charge is 0.489 e. The topological polar surface area (TPSA) is 76.1 Å². The second-order valence-corrected chi connectivity index (χ2v) is 6.75. The van der Waals surface area contributed by atoms with Gasteiger partial charge in [-0.05, 0) is 49.2 Å². The molecule has 1 aromatic heterocycles. The summed E-state index contributed by atoms with van der Waals surface area (Å²) in [6.07, 6.45) is 1.97. The van der Waals surface area contributed by atoms with Crippen molar-refractivity contribution in [3.8, 4) is 5.75 Å². The molecule has 0 radical (unpaired) electrons. The lowest BCUT2D eigenvalue weighted by Gasteiger charge is -2.10. The first-order valence-electron chi connectivity index (χ1n) is 9.81. The van der Waals surface area contributed by atoms with Gasteiger partial charge in [-0.3, -0.25) is 4.79 Å². The number of rotatable bonds is 9. The van der Waals surface area contributed by atoms with Crippen molar-refractivity contribution in [1.82, 2.24) is 15.3 Å². The molecule has 0 unspecified atom stereocenters. The van der Waals surface area contributed by atoms with Crippen molar-refractivity contribution in [2.45, 2.75) is 33.3 Å².